The molecule has 0 radical (unpaired) electrons. The second-order valence-electron chi connectivity index (χ2n) is 0. The van der Waals surface area contributed by atoms with Crippen LogP contribution in [-0.4, -0.2) is 103 Å². The van der Waals surface area contributed by atoms with Crippen molar-refractivity contribution in [3.05, 3.63) is 0 Å². The Hall–Kier alpha value is 4.56. The van der Waals surface area contributed by atoms with Crippen LogP contribution in [-0.2, 0) is 33.7 Å². The minimum absolute atomic E-state index is 0. The molecule has 0 saturated heterocycles. The molecule has 5 heteroatoms. The van der Waals surface area contributed by atoms with Gasteiger partial charge in [0.25, 0.3) is 0 Å². The van der Waals surface area contributed by atoms with E-state index in [9.17, 15) is 0 Å². The van der Waals surface area contributed by atoms with Crippen molar-refractivity contribution in [1.29, 1.82) is 0 Å². The molecule has 0 unspecified atom stereocenters. The van der Waals surface area contributed by atoms with Crippen molar-refractivity contribution in [3.8, 4) is 0 Å². The largest absolute Gasteiger partial charge is 0 e. The summed E-state index contributed by atoms with van der Waals surface area (Å²) in [4.78, 5) is 0. The Morgan fingerprint density at radius 2 is 1.20 bits per heavy atom. The number of rotatable bonds is 0. The fourth-order valence-corrected chi connectivity index (χ4v) is 0. The molecule has 0 fully saturated rings. The molecule has 0 N–H and O–H groups in total. The zero-order valence-electron chi connectivity index (χ0n) is 1.51. The Morgan fingerprint density at radius 1 is 1.20 bits per heavy atom. The predicted molar refractivity (Wildman–Crippen MR) is 22.8 cm³/mol. The molecule has 0 aromatic heterocycles. The van der Waals surface area contributed by atoms with Crippen LogP contribution in [0.5, 0.6) is 0 Å². The van der Waals surface area contributed by atoms with E-state index < -0.39 is 0 Å². The maximum absolute atomic E-state index is 3.19. The van der Waals surface area contributed by atoms with Crippen LogP contribution in [0.4, 0.5) is 0 Å². The fraction of sp³-hybridized carbons (Fsp3) is 0. The molecule has 23 valence electrons. The molecule has 0 aliphatic heterocycles. The normalized spacial score (nSPS) is 1.20. The van der Waals surface area contributed by atoms with Gasteiger partial charge >= 0.3 is 117 Å². The molecule has 0 rings (SSSR count). The molecular formula is H4CaFeKSeZn. The van der Waals surface area contributed by atoms with Gasteiger partial charge in [-0.3, -0.25) is 0 Å². The molecule has 0 aliphatic rings. The molecule has 0 spiro atoms. The van der Waals surface area contributed by atoms with E-state index >= 15 is 0 Å². The summed E-state index contributed by atoms with van der Waals surface area (Å²) in [5.74, 6) is 0. The van der Waals surface area contributed by atoms with Crippen molar-refractivity contribution in [2.75, 3.05) is 0 Å². The van der Waals surface area contributed by atoms with Crippen LogP contribution in [0.2, 0.25) is 0 Å². The van der Waals surface area contributed by atoms with Gasteiger partial charge < -0.3 is 0 Å². The van der Waals surface area contributed by atoms with Crippen molar-refractivity contribution in [2.45, 2.75) is 0 Å². The third kappa shape index (κ3) is 17.7. The quantitative estimate of drug-likeness (QED) is 0.442. The second kappa shape index (κ2) is 23.5. The van der Waals surface area contributed by atoms with E-state index in [1.165, 1.54) is 0 Å². The van der Waals surface area contributed by atoms with Crippen LogP contribution >= 0.6 is 0 Å². The summed E-state index contributed by atoms with van der Waals surface area (Å²) in [6.07, 6.45) is 0. The molecule has 0 atom stereocenters. The Balaban J connectivity index is -0.00000000167. The Morgan fingerprint density at radius 3 is 1.20 bits per heavy atom. The zero-order chi connectivity index (χ0) is 2.00. The Labute approximate surface area is 133 Å². The molecule has 0 heterocycles. The minimum atomic E-state index is 0. The van der Waals surface area contributed by atoms with Crippen LogP contribution in [0, 0.1) is 0 Å². The van der Waals surface area contributed by atoms with Crippen LogP contribution < -0.4 is 0 Å². The van der Waals surface area contributed by atoms with E-state index in [1.807, 2.05) is 0 Å². The summed E-state index contributed by atoms with van der Waals surface area (Å²) in [5, 5.41) is 0. The smallest absolute Gasteiger partial charge is 0 e. The van der Waals surface area contributed by atoms with Gasteiger partial charge in [0.1, 0.15) is 0 Å². The molecule has 0 saturated carbocycles. The van der Waals surface area contributed by atoms with Gasteiger partial charge in [-0.25, -0.2) is 0 Å². The minimum Gasteiger partial charge on any atom is 0 e. The van der Waals surface area contributed by atoms with Crippen LogP contribution in [0.15, 0.2) is 0 Å². The van der Waals surface area contributed by atoms with Crippen molar-refractivity contribution in [1.82, 2.24) is 0 Å². The van der Waals surface area contributed by atoms with Gasteiger partial charge in [-0.2, -0.15) is 0 Å². The topological polar surface area (TPSA) is 0 Å². The summed E-state index contributed by atoms with van der Waals surface area (Å²) < 4.78 is 0. The summed E-state index contributed by atoms with van der Waals surface area (Å²) >= 11 is 5.25. The van der Waals surface area contributed by atoms with E-state index in [0.29, 0.717) is 0 Å². The van der Waals surface area contributed by atoms with Crippen molar-refractivity contribution >= 4 is 103 Å². The average molecular weight is 283 g/mol. The molecule has 0 aromatic carbocycles. The SMILES string of the molecule is [CaH2].[Fe][SeH].[KH].[Zn]. The standard InChI is InChI=1S/Ca.Fe.K.H2Se.Zn.3H/h;;;1H2;;;;/q;+1;;;;;;/p-1. The molecule has 0 aliphatic carbocycles. The van der Waals surface area contributed by atoms with Crippen LogP contribution in [0.1, 0.15) is 0 Å². The van der Waals surface area contributed by atoms with Gasteiger partial charge in [-0.05, 0) is 0 Å². The molecule has 0 aromatic rings. The van der Waals surface area contributed by atoms with Crippen LogP contribution in [0.25, 0.3) is 0 Å². The molecule has 0 nitrogen and oxygen atoms in total. The third-order valence-electron chi connectivity index (χ3n) is 0. The van der Waals surface area contributed by atoms with E-state index in [-0.39, 0.29) is 109 Å². The summed E-state index contributed by atoms with van der Waals surface area (Å²) in [7, 11) is 0. The molecular weight excluding hydrogens is 279 g/mol. The van der Waals surface area contributed by atoms with Crippen molar-refractivity contribution < 1.29 is 33.7 Å². The van der Waals surface area contributed by atoms with E-state index in [0.717, 1.165) is 0 Å². The van der Waals surface area contributed by atoms with Gasteiger partial charge in [0, 0.05) is 19.5 Å². The summed E-state index contributed by atoms with van der Waals surface area (Å²) in [5.41, 5.74) is 0. The maximum Gasteiger partial charge on any atom is 0 e. The molecule has 5 heavy (non-hydrogen) atoms. The zero-order valence-corrected chi connectivity index (χ0v) is 7.46. The molecule has 0 amide bonds. The first-order valence-electron chi connectivity index (χ1n) is 0.158. The monoisotopic (exact) mass is 283 g/mol. The third-order valence-corrected chi connectivity index (χ3v) is 0. The van der Waals surface area contributed by atoms with Crippen LogP contribution in [0.3, 0.4) is 0 Å². The van der Waals surface area contributed by atoms with Gasteiger partial charge in [0.2, 0.25) is 0 Å². The fourth-order valence-electron chi connectivity index (χ4n) is 0. The van der Waals surface area contributed by atoms with Crippen molar-refractivity contribution in [3.63, 3.8) is 0 Å². The van der Waals surface area contributed by atoms with Gasteiger partial charge in [0.15, 0.2) is 0 Å². The van der Waals surface area contributed by atoms with Gasteiger partial charge in [0.05, 0.1) is 0 Å². The second-order valence-corrected chi connectivity index (χ2v) is 0. The first-order chi connectivity index (χ1) is 1.00. The van der Waals surface area contributed by atoms with Crippen molar-refractivity contribution in [2.24, 2.45) is 0 Å². The average Bonchev–Trinajstić information content (AvgIpc) is 1.00. The molecule has 0 bridgehead atoms. The summed E-state index contributed by atoms with van der Waals surface area (Å²) in [6, 6.07) is 0. The number of hydrogen-bond donors (Lipinski definition) is 0. The first kappa shape index (κ1) is 22.7. The number of hydrogen-bond acceptors (Lipinski definition) is 0. The van der Waals surface area contributed by atoms with E-state index in [1.54, 1.807) is 0 Å². The van der Waals surface area contributed by atoms with E-state index in [4.69, 9.17) is 0 Å². The van der Waals surface area contributed by atoms with Gasteiger partial charge in [-0.1, -0.05) is 0 Å². The Bertz CT molecular complexity index is 11.6. The predicted octanol–water partition coefficient (Wildman–Crippen LogP) is -2.22. The summed E-state index contributed by atoms with van der Waals surface area (Å²) in [6.45, 7) is 0. The first-order valence-corrected chi connectivity index (χ1v) is 3.39. The van der Waals surface area contributed by atoms with E-state index in [2.05, 4.69) is 28.4 Å². The van der Waals surface area contributed by atoms with Gasteiger partial charge in [-0.15, -0.1) is 0 Å². The maximum atomic E-state index is 3.19. The Kier molecular flexibility index (Phi) is 107.